The number of pyridine rings is 1. The average molecular weight is 194 g/mol. The van der Waals surface area contributed by atoms with E-state index in [2.05, 4.69) is 4.98 Å². The minimum atomic E-state index is -0.488. The molecule has 3 heteroatoms. The van der Waals surface area contributed by atoms with Crippen molar-refractivity contribution < 1.29 is 5.11 Å². The Morgan fingerprint density at radius 2 is 2.21 bits per heavy atom. The van der Waals surface area contributed by atoms with E-state index in [-0.39, 0.29) is 5.92 Å². The molecule has 0 saturated heterocycles. The van der Waals surface area contributed by atoms with Crippen LogP contribution >= 0.6 is 0 Å². The van der Waals surface area contributed by atoms with Gasteiger partial charge in [0.25, 0.3) is 0 Å². The number of aliphatic hydroxyl groups excluding tert-OH is 1. The van der Waals surface area contributed by atoms with Crippen molar-refractivity contribution in [1.29, 1.82) is 0 Å². The van der Waals surface area contributed by atoms with Gasteiger partial charge in [-0.2, -0.15) is 0 Å². The van der Waals surface area contributed by atoms with Crippen LogP contribution in [0, 0.1) is 12.8 Å². The second-order valence-corrected chi connectivity index (χ2v) is 3.58. The Labute approximate surface area is 85.0 Å². The SMILES string of the molecule is CCC(CN)C(O)c1ccc(C)nc1. The first kappa shape index (κ1) is 11.1. The molecule has 0 aliphatic carbocycles. The summed E-state index contributed by atoms with van der Waals surface area (Å²) in [6.07, 6.45) is 2.11. The molecular formula is C11H18N2O. The van der Waals surface area contributed by atoms with Gasteiger partial charge in [-0.1, -0.05) is 13.0 Å². The van der Waals surface area contributed by atoms with E-state index >= 15 is 0 Å². The first-order chi connectivity index (χ1) is 6.69. The third-order valence-corrected chi connectivity index (χ3v) is 2.55. The van der Waals surface area contributed by atoms with E-state index in [0.717, 1.165) is 17.7 Å². The lowest BCUT2D eigenvalue weighted by molar-refractivity contribution is 0.109. The van der Waals surface area contributed by atoms with Crippen molar-refractivity contribution >= 4 is 0 Å². The number of hydrogen-bond acceptors (Lipinski definition) is 3. The second kappa shape index (κ2) is 5.08. The van der Waals surface area contributed by atoms with E-state index in [0.29, 0.717) is 6.54 Å². The zero-order valence-electron chi connectivity index (χ0n) is 8.77. The number of nitrogens with zero attached hydrogens (tertiary/aromatic N) is 1. The van der Waals surface area contributed by atoms with Crippen molar-refractivity contribution in [2.24, 2.45) is 11.7 Å². The topological polar surface area (TPSA) is 59.1 Å². The molecular weight excluding hydrogens is 176 g/mol. The van der Waals surface area contributed by atoms with Crippen LogP contribution < -0.4 is 5.73 Å². The molecule has 0 aliphatic rings. The van der Waals surface area contributed by atoms with E-state index < -0.39 is 6.10 Å². The standard InChI is InChI=1S/C11H18N2O/c1-3-9(6-12)11(14)10-5-4-8(2)13-7-10/h4-5,7,9,11,14H,3,6,12H2,1-2H3. The lowest BCUT2D eigenvalue weighted by atomic mass is 9.94. The highest BCUT2D eigenvalue weighted by molar-refractivity contribution is 5.16. The number of aromatic nitrogens is 1. The van der Waals surface area contributed by atoms with Gasteiger partial charge in [-0.25, -0.2) is 0 Å². The quantitative estimate of drug-likeness (QED) is 0.762. The average Bonchev–Trinajstić information content (AvgIpc) is 2.20. The van der Waals surface area contributed by atoms with Crippen LogP contribution in [0.15, 0.2) is 18.3 Å². The van der Waals surface area contributed by atoms with Crippen LogP contribution in [0.4, 0.5) is 0 Å². The molecule has 0 aliphatic heterocycles. The summed E-state index contributed by atoms with van der Waals surface area (Å²) in [4.78, 5) is 4.15. The molecule has 2 unspecified atom stereocenters. The van der Waals surface area contributed by atoms with Gasteiger partial charge < -0.3 is 10.8 Å². The van der Waals surface area contributed by atoms with Crippen LogP contribution in [0.1, 0.15) is 30.7 Å². The third kappa shape index (κ3) is 2.53. The minimum absolute atomic E-state index is 0.125. The molecule has 0 aromatic carbocycles. The molecule has 0 fully saturated rings. The van der Waals surface area contributed by atoms with Crippen LogP contribution in [-0.2, 0) is 0 Å². The van der Waals surface area contributed by atoms with Crippen LogP contribution in [0.25, 0.3) is 0 Å². The van der Waals surface area contributed by atoms with Gasteiger partial charge in [-0.05, 0) is 31.5 Å². The highest BCUT2D eigenvalue weighted by atomic mass is 16.3. The molecule has 0 bridgehead atoms. The molecule has 1 heterocycles. The molecule has 3 nitrogen and oxygen atoms in total. The van der Waals surface area contributed by atoms with Crippen LogP contribution in [0.5, 0.6) is 0 Å². The summed E-state index contributed by atoms with van der Waals surface area (Å²) in [5.74, 6) is 0.125. The predicted molar refractivity (Wildman–Crippen MR) is 56.8 cm³/mol. The van der Waals surface area contributed by atoms with Gasteiger partial charge in [0.1, 0.15) is 0 Å². The summed E-state index contributed by atoms with van der Waals surface area (Å²) in [7, 11) is 0. The fourth-order valence-electron chi connectivity index (χ4n) is 1.45. The number of hydrogen-bond donors (Lipinski definition) is 2. The minimum Gasteiger partial charge on any atom is -0.388 e. The number of rotatable bonds is 4. The van der Waals surface area contributed by atoms with Gasteiger partial charge in [-0.3, -0.25) is 4.98 Å². The van der Waals surface area contributed by atoms with Gasteiger partial charge in [0.2, 0.25) is 0 Å². The summed E-state index contributed by atoms with van der Waals surface area (Å²) in [5, 5.41) is 9.95. The highest BCUT2D eigenvalue weighted by Gasteiger charge is 2.17. The fourth-order valence-corrected chi connectivity index (χ4v) is 1.45. The van der Waals surface area contributed by atoms with Crippen LogP contribution in [0.3, 0.4) is 0 Å². The van der Waals surface area contributed by atoms with Crippen molar-refractivity contribution in [3.63, 3.8) is 0 Å². The van der Waals surface area contributed by atoms with Crippen molar-refractivity contribution in [3.05, 3.63) is 29.6 Å². The lowest BCUT2D eigenvalue weighted by Gasteiger charge is -2.19. The molecule has 3 N–H and O–H groups in total. The van der Waals surface area contributed by atoms with Crippen molar-refractivity contribution in [3.8, 4) is 0 Å². The molecule has 0 spiro atoms. The zero-order valence-corrected chi connectivity index (χ0v) is 8.77. The Morgan fingerprint density at radius 3 is 2.64 bits per heavy atom. The van der Waals surface area contributed by atoms with Gasteiger partial charge >= 0.3 is 0 Å². The Kier molecular flexibility index (Phi) is 4.04. The largest absolute Gasteiger partial charge is 0.388 e. The summed E-state index contributed by atoms with van der Waals surface area (Å²) in [6.45, 7) is 4.46. The summed E-state index contributed by atoms with van der Waals surface area (Å²) < 4.78 is 0. The Morgan fingerprint density at radius 1 is 1.50 bits per heavy atom. The molecule has 0 amide bonds. The molecule has 1 rings (SSSR count). The molecule has 0 saturated carbocycles. The summed E-state index contributed by atoms with van der Waals surface area (Å²) in [6, 6.07) is 3.81. The van der Waals surface area contributed by atoms with E-state index in [1.165, 1.54) is 0 Å². The highest BCUT2D eigenvalue weighted by Crippen LogP contribution is 2.22. The van der Waals surface area contributed by atoms with Crippen LogP contribution in [-0.4, -0.2) is 16.6 Å². The first-order valence-electron chi connectivity index (χ1n) is 4.99. The predicted octanol–water partition coefficient (Wildman–Crippen LogP) is 1.41. The van der Waals surface area contributed by atoms with Gasteiger partial charge in [0.15, 0.2) is 0 Å². The third-order valence-electron chi connectivity index (χ3n) is 2.55. The normalized spacial score (nSPS) is 15.1. The maximum atomic E-state index is 9.95. The molecule has 2 atom stereocenters. The second-order valence-electron chi connectivity index (χ2n) is 3.58. The van der Waals surface area contributed by atoms with Crippen LogP contribution in [0.2, 0.25) is 0 Å². The summed E-state index contributed by atoms with van der Waals surface area (Å²) in [5.41, 5.74) is 7.39. The Balaban J connectivity index is 2.77. The maximum absolute atomic E-state index is 9.95. The monoisotopic (exact) mass is 194 g/mol. The van der Waals surface area contributed by atoms with E-state index in [1.807, 2.05) is 26.0 Å². The van der Waals surface area contributed by atoms with Gasteiger partial charge in [0.05, 0.1) is 6.10 Å². The van der Waals surface area contributed by atoms with Crippen molar-refractivity contribution in [2.75, 3.05) is 6.54 Å². The molecule has 78 valence electrons. The Hall–Kier alpha value is -0.930. The smallest absolute Gasteiger partial charge is 0.0844 e. The lowest BCUT2D eigenvalue weighted by Crippen LogP contribution is -2.21. The number of nitrogens with two attached hydrogens (primary N) is 1. The van der Waals surface area contributed by atoms with E-state index in [1.54, 1.807) is 6.20 Å². The summed E-state index contributed by atoms with van der Waals surface area (Å²) >= 11 is 0. The van der Waals surface area contributed by atoms with Gasteiger partial charge in [0, 0.05) is 17.8 Å². The van der Waals surface area contributed by atoms with E-state index in [9.17, 15) is 5.11 Å². The molecule has 0 radical (unpaired) electrons. The molecule has 1 aromatic rings. The number of aryl methyl sites for hydroxylation is 1. The molecule has 14 heavy (non-hydrogen) atoms. The Bertz CT molecular complexity index is 267. The maximum Gasteiger partial charge on any atom is 0.0844 e. The molecule has 1 aromatic heterocycles. The van der Waals surface area contributed by atoms with Crippen molar-refractivity contribution in [2.45, 2.75) is 26.4 Å². The van der Waals surface area contributed by atoms with Crippen molar-refractivity contribution in [1.82, 2.24) is 4.98 Å². The van der Waals surface area contributed by atoms with E-state index in [4.69, 9.17) is 5.73 Å². The fraction of sp³-hybridized carbons (Fsp3) is 0.545. The zero-order chi connectivity index (χ0) is 10.6. The van der Waals surface area contributed by atoms with Gasteiger partial charge in [-0.15, -0.1) is 0 Å². The number of aliphatic hydroxyl groups is 1. The first-order valence-corrected chi connectivity index (χ1v) is 4.99.